The van der Waals surface area contributed by atoms with Crippen molar-refractivity contribution < 1.29 is 9.50 Å². The predicted molar refractivity (Wildman–Crippen MR) is 70.5 cm³/mol. The van der Waals surface area contributed by atoms with E-state index in [1.165, 1.54) is 6.07 Å². The molecule has 96 valence electrons. The molecule has 0 aliphatic rings. The van der Waals surface area contributed by atoms with E-state index in [-0.39, 0.29) is 18.5 Å². The summed E-state index contributed by atoms with van der Waals surface area (Å²) in [5.41, 5.74) is 0.875. The first-order chi connectivity index (χ1) is 8.04. The van der Waals surface area contributed by atoms with Crippen molar-refractivity contribution >= 4 is 15.9 Å². The minimum absolute atomic E-state index is 0.00843. The van der Waals surface area contributed by atoms with E-state index in [4.69, 9.17) is 0 Å². The van der Waals surface area contributed by atoms with Crippen LogP contribution in [0.4, 0.5) is 4.39 Å². The molecule has 0 fully saturated rings. The van der Waals surface area contributed by atoms with Gasteiger partial charge in [-0.15, -0.1) is 0 Å². The Balaban J connectivity index is 2.62. The van der Waals surface area contributed by atoms with E-state index in [0.29, 0.717) is 4.47 Å². The molecule has 0 heterocycles. The number of benzene rings is 1. The van der Waals surface area contributed by atoms with Gasteiger partial charge in [-0.25, -0.2) is 4.39 Å². The molecule has 1 aromatic carbocycles. The van der Waals surface area contributed by atoms with Gasteiger partial charge in [-0.3, -0.25) is 0 Å². The Labute approximate surface area is 110 Å². The first kappa shape index (κ1) is 14.6. The van der Waals surface area contributed by atoms with Crippen LogP contribution < -0.4 is 5.32 Å². The van der Waals surface area contributed by atoms with Crippen molar-refractivity contribution in [3.8, 4) is 0 Å². The van der Waals surface area contributed by atoms with Gasteiger partial charge in [-0.05, 0) is 47.7 Å². The van der Waals surface area contributed by atoms with Gasteiger partial charge in [0.05, 0.1) is 17.1 Å². The summed E-state index contributed by atoms with van der Waals surface area (Å²) in [7, 11) is 3.98. The number of nitrogens with zero attached hydrogens (tertiary/aromatic N) is 1. The summed E-state index contributed by atoms with van der Waals surface area (Å²) in [6.45, 7) is 1.65. The lowest BCUT2D eigenvalue weighted by atomic mass is 10.1. The summed E-state index contributed by atoms with van der Waals surface area (Å²) >= 11 is 3.14. The van der Waals surface area contributed by atoms with E-state index >= 15 is 0 Å². The number of nitrogens with one attached hydrogen (secondary N) is 1. The highest BCUT2D eigenvalue weighted by atomic mass is 79.9. The summed E-state index contributed by atoms with van der Waals surface area (Å²) < 4.78 is 13.5. The molecule has 0 aromatic heterocycles. The third-order valence-electron chi connectivity index (χ3n) is 2.48. The average molecular weight is 305 g/mol. The van der Waals surface area contributed by atoms with Gasteiger partial charge in [0.15, 0.2) is 0 Å². The SMILES string of the molecule is CN(C)CCNC(CO)c1ccc(F)c(Br)c1. The van der Waals surface area contributed by atoms with Crippen LogP contribution in [0.3, 0.4) is 0 Å². The van der Waals surface area contributed by atoms with Crippen molar-refractivity contribution in [2.75, 3.05) is 33.8 Å². The molecule has 0 aliphatic heterocycles. The minimum atomic E-state index is -0.293. The summed E-state index contributed by atoms with van der Waals surface area (Å²) in [6.07, 6.45) is 0. The van der Waals surface area contributed by atoms with Crippen LogP contribution in [0.5, 0.6) is 0 Å². The van der Waals surface area contributed by atoms with Gasteiger partial charge in [0.25, 0.3) is 0 Å². The molecule has 0 spiro atoms. The fraction of sp³-hybridized carbons (Fsp3) is 0.500. The van der Waals surface area contributed by atoms with Gasteiger partial charge in [-0.2, -0.15) is 0 Å². The van der Waals surface area contributed by atoms with Crippen molar-refractivity contribution in [1.82, 2.24) is 10.2 Å². The highest BCUT2D eigenvalue weighted by Gasteiger charge is 2.11. The van der Waals surface area contributed by atoms with E-state index in [2.05, 4.69) is 26.1 Å². The number of hydrogen-bond acceptors (Lipinski definition) is 3. The first-order valence-electron chi connectivity index (χ1n) is 5.48. The maximum atomic E-state index is 13.1. The number of aliphatic hydroxyl groups is 1. The molecule has 2 N–H and O–H groups in total. The summed E-state index contributed by atoms with van der Waals surface area (Å²) in [5, 5.41) is 12.5. The molecule has 0 amide bonds. The molecule has 0 saturated heterocycles. The second-order valence-electron chi connectivity index (χ2n) is 4.17. The molecule has 0 saturated carbocycles. The van der Waals surface area contributed by atoms with Gasteiger partial charge < -0.3 is 15.3 Å². The Bertz CT molecular complexity index is 360. The molecule has 1 rings (SSSR count). The number of hydrogen-bond donors (Lipinski definition) is 2. The lowest BCUT2D eigenvalue weighted by molar-refractivity contribution is 0.240. The topological polar surface area (TPSA) is 35.5 Å². The highest BCUT2D eigenvalue weighted by molar-refractivity contribution is 9.10. The molecular formula is C12H18BrFN2O. The maximum Gasteiger partial charge on any atom is 0.137 e. The Morgan fingerprint density at radius 1 is 1.47 bits per heavy atom. The second-order valence-corrected chi connectivity index (χ2v) is 5.02. The molecule has 0 radical (unpaired) electrons. The van der Waals surface area contributed by atoms with Crippen molar-refractivity contribution in [2.24, 2.45) is 0 Å². The molecule has 5 heteroatoms. The van der Waals surface area contributed by atoms with Crippen LogP contribution in [0.1, 0.15) is 11.6 Å². The minimum Gasteiger partial charge on any atom is -0.394 e. The van der Waals surface area contributed by atoms with Crippen LogP contribution in [-0.2, 0) is 0 Å². The molecule has 0 bridgehead atoms. The average Bonchev–Trinajstić information content (AvgIpc) is 2.28. The maximum absolute atomic E-state index is 13.1. The van der Waals surface area contributed by atoms with Gasteiger partial charge in [-0.1, -0.05) is 6.07 Å². The Morgan fingerprint density at radius 2 is 2.18 bits per heavy atom. The van der Waals surface area contributed by atoms with E-state index < -0.39 is 0 Å². The molecule has 1 atom stereocenters. The number of halogens is 2. The van der Waals surface area contributed by atoms with E-state index in [1.807, 2.05) is 14.1 Å². The fourth-order valence-corrected chi connectivity index (χ4v) is 1.88. The third-order valence-corrected chi connectivity index (χ3v) is 3.09. The van der Waals surface area contributed by atoms with Gasteiger partial charge in [0, 0.05) is 13.1 Å². The zero-order valence-electron chi connectivity index (χ0n) is 10.1. The monoisotopic (exact) mass is 304 g/mol. The molecular weight excluding hydrogens is 287 g/mol. The van der Waals surface area contributed by atoms with Crippen LogP contribution in [0.2, 0.25) is 0 Å². The number of aliphatic hydroxyl groups excluding tert-OH is 1. The Morgan fingerprint density at radius 3 is 2.71 bits per heavy atom. The predicted octanol–water partition coefficient (Wildman–Crippen LogP) is 1.77. The normalized spacial score (nSPS) is 13.1. The molecule has 17 heavy (non-hydrogen) atoms. The van der Waals surface area contributed by atoms with Crippen LogP contribution >= 0.6 is 15.9 Å². The van der Waals surface area contributed by atoms with Crippen LogP contribution in [-0.4, -0.2) is 43.8 Å². The third kappa shape index (κ3) is 4.71. The summed E-state index contributed by atoms with van der Waals surface area (Å²) in [6, 6.07) is 4.62. The number of likely N-dealkylation sites (N-methyl/N-ethyl adjacent to an activating group) is 1. The van der Waals surface area contributed by atoms with E-state index in [9.17, 15) is 9.50 Å². The molecule has 1 unspecified atom stereocenters. The van der Waals surface area contributed by atoms with Crippen LogP contribution in [0.25, 0.3) is 0 Å². The smallest absolute Gasteiger partial charge is 0.137 e. The molecule has 0 aliphatic carbocycles. The fourth-order valence-electron chi connectivity index (χ4n) is 1.48. The van der Waals surface area contributed by atoms with E-state index in [1.54, 1.807) is 12.1 Å². The Kier molecular flexibility index (Phi) is 6.05. The van der Waals surface area contributed by atoms with Crippen molar-refractivity contribution in [3.63, 3.8) is 0 Å². The molecule has 3 nitrogen and oxygen atoms in total. The van der Waals surface area contributed by atoms with Crippen LogP contribution in [0.15, 0.2) is 22.7 Å². The summed E-state index contributed by atoms with van der Waals surface area (Å²) in [4.78, 5) is 2.06. The van der Waals surface area contributed by atoms with Crippen molar-refractivity contribution in [3.05, 3.63) is 34.1 Å². The number of rotatable bonds is 6. The lowest BCUT2D eigenvalue weighted by Crippen LogP contribution is -2.31. The summed E-state index contributed by atoms with van der Waals surface area (Å²) in [5.74, 6) is -0.293. The first-order valence-corrected chi connectivity index (χ1v) is 6.28. The highest BCUT2D eigenvalue weighted by Crippen LogP contribution is 2.21. The van der Waals surface area contributed by atoms with E-state index in [0.717, 1.165) is 18.7 Å². The van der Waals surface area contributed by atoms with Gasteiger partial charge in [0.2, 0.25) is 0 Å². The zero-order valence-corrected chi connectivity index (χ0v) is 11.7. The van der Waals surface area contributed by atoms with Gasteiger partial charge in [0.1, 0.15) is 5.82 Å². The van der Waals surface area contributed by atoms with Gasteiger partial charge >= 0.3 is 0 Å². The lowest BCUT2D eigenvalue weighted by Gasteiger charge is -2.18. The molecule has 1 aromatic rings. The second kappa shape index (κ2) is 7.06. The largest absolute Gasteiger partial charge is 0.394 e. The van der Waals surface area contributed by atoms with Crippen molar-refractivity contribution in [2.45, 2.75) is 6.04 Å². The standard InChI is InChI=1S/C12H18BrFN2O/c1-16(2)6-5-15-12(8-17)9-3-4-11(14)10(13)7-9/h3-4,7,12,15,17H,5-6,8H2,1-2H3. The zero-order chi connectivity index (χ0) is 12.8. The Hall–Kier alpha value is -0.490. The van der Waals surface area contributed by atoms with Crippen LogP contribution in [0, 0.1) is 5.82 Å². The quantitative estimate of drug-likeness (QED) is 0.841. The van der Waals surface area contributed by atoms with Crippen molar-refractivity contribution in [1.29, 1.82) is 0 Å².